The monoisotopic (exact) mass is 356 g/mol. The van der Waals surface area contributed by atoms with Crippen LogP contribution in [0.25, 0.3) is 16.8 Å². The van der Waals surface area contributed by atoms with Crippen LogP contribution in [0, 0.1) is 0 Å². The Morgan fingerprint density at radius 3 is 2.75 bits per heavy atom. The van der Waals surface area contributed by atoms with Gasteiger partial charge < -0.3 is 9.90 Å². The molecule has 0 atom stereocenters. The van der Waals surface area contributed by atoms with Crippen LogP contribution < -0.4 is 5.11 Å². The molecule has 3 rings (SSSR count). The van der Waals surface area contributed by atoms with Crippen LogP contribution in [0.1, 0.15) is 18.4 Å². The van der Waals surface area contributed by atoms with E-state index in [1.165, 1.54) is 16.7 Å². The Morgan fingerprint density at radius 1 is 1.21 bits per heavy atom. The third-order valence-corrected chi connectivity index (χ3v) is 5.12. The number of hydrogen-bond acceptors (Lipinski definition) is 5. The summed E-state index contributed by atoms with van der Waals surface area (Å²) in [6.45, 7) is 0.297. The van der Waals surface area contributed by atoms with Crippen LogP contribution in [-0.4, -0.2) is 27.6 Å². The van der Waals surface area contributed by atoms with Crippen molar-refractivity contribution >= 4 is 57.0 Å². The van der Waals surface area contributed by atoms with Crippen molar-refractivity contribution in [3.05, 3.63) is 52.9 Å². The number of carboxylic acid groups (broad SMARTS) is 1. The van der Waals surface area contributed by atoms with E-state index in [0.29, 0.717) is 22.2 Å². The summed E-state index contributed by atoms with van der Waals surface area (Å²) >= 11 is 6.50. The Bertz CT molecular complexity index is 855. The lowest BCUT2D eigenvalue weighted by Gasteiger charge is -2.14. The smallest absolute Gasteiger partial charge is 0.266 e. The molecule has 122 valence electrons. The van der Waals surface area contributed by atoms with Gasteiger partial charge in [0.05, 0.1) is 4.91 Å². The maximum atomic E-state index is 12.5. The fourth-order valence-electron chi connectivity index (χ4n) is 2.59. The lowest BCUT2D eigenvalue weighted by Crippen LogP contribution is -2.30. The van der Waals surface area contributed by atoms with Crippen LogP contribution in [0.3, 0.4) is 0 Å². The van der Waals surface area contributed by atoms with Gasteiger partial charge in [-0.2, -0.15) is 0 Å². The minimum Gasteiger partial charge on any atom is -0.550 e. The summed E-state index contributed by atoms with van der Waals surface area (Å²) in [6.07, 6.45) is 2.09. The summed E-state index contributed by atoms with van der Waals surface area (Å²) in [5, 5.41) is 12.7. The first kappa shape index (κ1) is 16.7. The first-order chi connectivity index (χ1) is 11.6. The van der Waals surface area contributed by atoms with E-state index >= 15 is 0 Å². The normalized spacial score (nSPS) is 16.3. The van der Waals surface area contributed by atoms with E-state index < -0.39 is 5.97 Å². The summed E-state index contributed by atoms with van der Waals surface area (Å²) in [5.74, 6) is -1.29. The van der Waals surface area contributed by atoms with Crippen LogP contribution in [0.4, 0.5) is 0 Å². The minimum absolute atomic E-state index is 0.0839. The van der Waals surface area contributed by atoms with Crippen molar-refractivity contribution in [2.75, 3.05) is 6.54 Å². The van der Waals surface area contributed by atoms with Gasteiger partial charge in [-0.25, -0.2) is 0 Å². The fourth-order valence-corrected chi connectivity index (χ4v) is 3.89. The van der Waals surface area contributed by atoms with Gasteiger partial charge in [0.15, 0.2) is 0 Å². The maximum Gasteiger partial charge on any atom is 0.266 e. The first-order valence-electron chi connectivity index (χ1n) is 7.49. The van der Waals surface area contributed by atoms with Crippen molar-refractivity contribution < 1.29 is 14.7 Å². The highest BCUT2D eigenvalue weighted by Crippen LogP contribution is 2.33. The molecule has 24 heavy (non-hydrogen) atoms. The molecule has 0 unspecified atom stereocenters. The molecule has 0 radical (unpaired) electrons. The molecule has 0 saturated carbocycles. The van der Waals surface area contributed by atoms with E-state index in [2.05, 4.69) is 0 Å². The van der Waals surface area contributed by atoms with Gasteiger partial charge in [-0.15, -0.1) is 0 Å². The Labute approximate surface area is 149 Å². The van der Waals surface area contributed by atoms with Crippen LogP contribution in [0.2, 0.25) is 0 Å². The molecule has 6 heteroatoms. The highest BCUT2D eigenvalue weighted by molar-refractivity contribution is 8.26. The van der Waals surface area contributed by atoms with E-state index in [1.807, 2.05) is 48.5 Å². The second-order valence-corrected chi connectivity index (χ2v) is 7.05. The zero-order chi connectivity index (χ0) is 17.1. The summed E-state index contributed by atoms with van der Waals surface area (Å²) < 4.78 is 0.463. The SMILES string of the molecule is O=C([O-])CCCN1C(=O)/C(=C/c2cccc3ccccc23)SC1=S. The van der Waals surface area contributed by atoms with Gasteiger partial charge in [0.2, 0.25) is 0 Å². The largest absolute Gasteiger partial charge is 0.550 e. The Hall–Kier alpha value is -2.18. The molecule has 1 aliphatic rings. The third kappa shape index (κ3) is 3.49. The second kappa shape index (κ2) is 7.15. The topological polar surface area (TPSA) is 60.4 Å². The van der Waals surface area contributed by atoms with Crippen molar-refractivity contribution in [2.45, 2.75) is 12.8 Å². The number of benzene rings is 2. The number of nitrogens with zero attached hydrogens (tertiary/aromatic N) is 1. The first-order valence-corrected chi connectivity index (χ1v) is 8.72. The maximum absolute atomic E-state index is 12.5. The van der Waals surface area contributed by atoms with Crippen molar-refractivity contribution in [1.29, 1.82) is 0 Å². The molecule has 0 aromatic heterocycles. The van der Waals surface area contributed by atoms with E-state index in [9.17, 15) is 14.7 Å². The third-order valence-electron chi connectivity index (χ3n) is 3.75. The molecule has 0 bridgehead atoms. The molecule has 2 aromatic rings. The van der Waals surface area contributed by atoms with Gasteiger partial charge in [-0.1, -0.05) is 66.4 Å². The number of rotatable bonds is 5. The predicted octanol–water partition coefficient (Wildman–Crippen LogP) is 2.57. The van der Waals surface area contributed by atoms with E-state index in [1.54, 1.807) is 0 Å². The quantitative estimate of drug-likeness (QED) is 0.609. The van der Waals surface area contributed by atoms with E-state index in [4.69, 9.17) is 12.2 Å². The molecule has 1 heterocycles. The van der Waals surface area contributed by atoms with Gasteiger partial charge in [0.1, 0.15) is 4.32 Å². The Morgan fingerprint density at radius 2 is 1.96 bits per heavy atom. The highest BCUT2D eigenvalue weighted by atomic mass is 32.2. The van der Waals surface area contributed by atoms with Gasteiger partial charge in [0.25, 0.3) is 5.91 Å². The summed E-state index contributed by atoms with van der Waals surface area (Å²) in [5.41, 5.74) is 0.961. The average molecular weight is 356 g/mol. The molecule has 1 aliphatic heterocycles. The number of thiocarbonyl (C=S) groups is 1. The van der Waals surface area contributed by atoms with E-state index in [-0.39, 0.29) is 12.3 Å². The number of amides is 1. The molecule has 2 aromatic carbocycles. The van der Waals surface area contributed by atoms with Crippen molar-refractivity contribution in [3.63, 3.8) is 0 Å². The lowest BCUT2D eigenvalue weighted by atomic mass is 10.0. The predicted molar refractivity (Wildman–Crippen MR) is 98.1 cm³/mol. The molecule has 0 spiro atoms. The Kier molecular flexibility index (Phi) is 4.97. The highest BCUT2D eigenvalue weighted by Gasteiger charge is 2.31. The van der Waals surface area contributed by atoms with Crippen molar-refractivity contribution in [3.8, 4) is 0 Å². The zero-order valence-corrected chi connectivity index (χ0v) is 14.4. The number of carbonyl (C=O) groups excluding carboxylic acids is 2. The molecule has 0 N–H and O–H groups in total. The number of thioether (sulfide) groups is 1. The van der Waals surface area contributed by atoms with Gasteiger partial charge >= 0.3 is 0 Å². The minimum atomic E-state index is -1.12. The van der Waals surface area contributed by atoms with Crippen LogP contribution in [0.15, 0.2) is 47.4 Å². The molecule has 4 nitrogen and oxygen atoms in total. The number of carbonyl (C=O) groups is 2. The second-order valence-electron chi connectivity index (χ2n) is 5.38. The summed E-state index contributed by atoms with van der Waals surface area (Å²) in [6, 6.07) is 13.9. The number of fused-ring (bicyclic) bond motifs is 1. The van der Waals surface area contributed by atoms with Crippen molar-refractivity contribution in [1.82, 2.24) is 4.90 Å². The zero-order valence-electron chi connectivity index (χ0n) is 12.7. The lowest BCUT2D eigenvalue weighted by molar-refractivity contribution is -0.305. The number of aliphatic carboxylic acids is 1. The fraction of sp³-hybridized carbons (Fsp3) is 0.167. The Balaban J connectivity index is 1.84. The van der Waals surface area contributed by atoms with Gasteiger partial charge in [-0.3, -0.25) is 9.69 Å². The molecule has 1 saturated heterocycles. The summed E-state index contributed by atoms with van der Waals surface area (Å²) in [4.78, 5) is 25.0. The molecular formula is C18H14NO3S2-. The molecule has 0 aliphatic carbocycles. The molecule has 1 amide bonds. The molecular weight excluding hydrogens is 342 g/mol. The molecule has 1 fully saturated rings. The van der Waals surface area contributed by atoms with Crippen LogP contribution >= 0.6 is 24.0 Å². The van der Waals surface area contributed by atoms with Crippen molar-refractivity contribution in [2.24, 2.45) is 0 Å². The van der Waals surface area contributed by atoms with Crippen LogP contribution in [-0.2, 0) is 9.59 Å². The average Bonchev–Trinajstić information content (AvgIpc) is 2.82. The van der Waals surface area contributed by atoms with Gasteiger partial charge in [-0.05, 0) is 35.3 Å². The van der Waals surface area contributed by atoms with E-state index in [0.717, 1.165) is 16.3 Å². The van der Waals surface area contributed by atoms with Crippen LogP contribution in [0.5, 0.6) is 0 Å². The number of carboxylic acids is 1. The van der Waals surface area contributed by atoms with Gasteiger partial charge in [0, 0.05) is 12.5 Å². The summed E-state index contributed by atoms with van der Waals surface area (Å²) in [7, 11) is 0. The number of hydrogen-bond donors (Lipinski definition) is 0. The standard InChI is InChI=1S/C18H15NO3S2/c20-16(21)9-4-10-19-17(22)15(24-18(19)23)11-13-7-3-6-12-5-1-2-8-14(12)13/h1-3,5-8,11H,4,9-10H2,(H,20,21)/p-1/b15-11-.